The fraction of sp³-hybridized carbons (Fsp3) is 0.182. The maximum absolute atomic E-state index is 11.1. The lowest BCUT2D eigenvalue weighted by molar-refractivity contribution is -0.138. The molecule has 0 saturated carbocycles. The SMILES string of the molecule is NC(=O)c1cccc(CSc2nnnn2CC(=O)O)c1. The third kappa shape index (κ3) is 3.54. The van der Waals surface area contributed by atoms with Crippen LogP contribution in [0.3, 0.4) is 0 Å². The monoisotopic (exact) mass is 293 g/mol. The number of aliphatic carboxylic acids is 1. The minimum absolute atomic E-state index is 0.295. The fourth-order valence-electron chi connectivity index (χ4n) is 1.49. The van der Waals surface area contributed by atoms with E-state index in [4.69, 9.17) is 10.8 Å². The van der Waals surface area contributed by atoms with E-state index in [0.29, 0.717) is 16.5 Å². The second-order valence-corrected chi connectivity index (χ2v) is 4.81. The summed E-state index contributed by atoms with van der Waals surface area (Å²) in [4.78, 5) is 21.7. The number of carboxylic acid groups (broad SMARTS) is 1. The number of nitrogens with two attached hydrogens (primary N) is 1. The molecule has 8 nitrogen and oxygen atoms in total. The first-order valence-electron chi connectivity index (χ1n) is 5.56. The molecule has 0 saturated heterocycles. The molecular weight excluding hydrogens is 282 g/mol. The molecule has 9 heteroatoms. The van der Waals surface area contributed by atoms with E-state index in [9.17, 15) is 9.59 Å². The summed E-state index contributed by atoms with van der Waals surface area (Å²) in [6.07, 6.45) is 0. The van der Waals surface area contributed by atoms with Gasteiger partial charge in [0.2, 0.25) is 11.1 Å². The summed E-state index contributed by atoms with van der Waals surface area (Å²) in [6.45, 7) is -0.295. The molecule has 3 N–H and O–H groups in total. The Bertz CT molecular complexity index is 642. The van der Waals surface area contributed by atoms with Crippen LogP contribution in [0.15, 0.2) is 29.4 Å². The van der Waals surface area contributed by atoms with E-state index in [1.807, 2.05) is 6.07 Å². The van der Waals surface area contributed by atoms with E-state index in [1.54, 1.807) is 18.2 Å². The van der Waals surface area contributed by atoms with Gasteiger partial charge >= 0.3 is 5.97 Å². The van der Waals surface area contributed by atoms with Crippen LogP contribution in [-0.4, -0.2) is 37.2 Å². The van der Waals surface area contributed by atoms with E-state index >= 15 is 0 Å². The van der Waals surface area contributed by atoms with Crippen LogP contribution in [0.2, 0.25) is 0 Å². The van der Waals surface area contributed by atoms with E-state index in [2.05, 4.69) is 15.5 Å². The van der Waals surface area contributed by atoms with Crippen LogP contribution in [0.4, 0.5) is 0 Å². The fourth-order valence-corrected chi connectivity index (χ4v) is 2.31. The molecule has 0 fully saturated rings. The Hall–Kier alpha value is -2.42. The van der Waals surface area contributed by atoms with Crippen LogP contribution in [0.25, 0.3) is 0 Å². The molecule has 2 rings (SSSR count). The molecule has 0 bridgehead atoms. The van der Waals surface area contributed by atoms with Gasteiger partial charge in [0.1, 0.15) is 6.54 Å². The minimum atomic E-state index is -1.02. The van der Waals surface area contributed by atoms with E-state index in [0.717, 1.165) is 5.56 Å². The summed E-state index contributed by atoms with van der Waals surface area (Å²) in [5, 5.41) is 19.9. The zero-order valence-corrected chi connectivity index (χ0v) is 11.1. The van der Waals surface area contributed by atoms with Crippen molar-refractivity contribution in [3.63, 3.8) is 0 Å². The molecule has 0 unspecified atom stereocenters. The van der Waals surface area contributed by atoms with Gasteiger partial charge in [0, 0.05) is 11.3 Å². The van der Waals surface area contributed by atoms with Crippen molar-refractivity contribution in [3.05, 3.63) is 35.4 Å². The summed E-state index contributed by atoms with van der Waals surface area (Å²) >= 11 is 1.28. The number of tetrazole rings is 1. The Morgan fingerprint density at radius 3 is 2.90 bits per heavy atom. The Morgan fingerprint density at radius 2 is 2.20 bits per heavy atom. The third-order valence-electron chi connectivity index (χ3n) is 2.36. The van der Waals surface area contributed by atoms with Gasteiger partial charge in [-0.15, -0.1) is 5.10 Å². The van der Waals surface area contributed by atoms with E-state index < -0.39 is 11.9 Å². The maximum atomic E-state index is 11.1. The Labute approximate surface area is 118 Å². The van der Waals surface area contributed by atoms with Gasteiger partial charge in [-0.1, -0.05) is 23.9 Å². The molecule has 104 valence electrons. The predicted molar refractivity (Wildman–Crippen MR) is 70.0 cm³/mol. The van der Waals surface area contributed by atoms with Crippen molar-refractivity contribution in [2.45, 2.75) is 17.5 Å². The summed E-state index contributed by atoms with van der Waals surface area (Å²) in [6, 6.07) is 6.88. The van der Waals surface area contributed by atoms with Gasteiger partial charge in [-0.2, -0.15) is 0 Å². The number of carbonyl (C=O) groups is 2. The number of amides is 1. The largest absolute Gasteiger partial charge is 0.480 e. The van der Waals surface area contributed by atoms with E-state index in [1.165, 1.54) is 16.4 Å². The first kappa shape index (κ1) is 14.0. The average molecular weight is 293 g/mol. The van der Waals surface area contributed by atoms with Crippen molar-refractivity contribution in [2.24, 2.45) is 5.73 Å². The number of aromatic nitrogens is 4. The minimum Gasteiger partial charge on any atom is -0.480 e. The normalized spacial score (nSPS) is 10.4. The van der Waals surface area contributed by atoms with Crippen LogP contribution < -0.4 is 5.73 Å². The molecular formula is C11H11N5O3S. The summed E-state index contributed by atoms with van der Waals surface area (Å²) in [5.41, 5.74) is 6.50. The standard InChI is InChI=1S/C11H11N5O3S/c12-10(19)8-3-1-2-7(4-8)6-20-11-13-14-15-16(11)5-9(17)18/h1-4H,5-6H2,(H2,12,19)(H,17,18). The topological polar surface area (TPSA) is 124 Å². The maximum Gasteiger partial charge on any atom is 0.325 e. The highest BCUT2D eigenvalue weighted by Crippen LogP contribution is 2.20. The molecule has 20 heavy (non-hydrogen) atoms. The lowest BCUT2D eigenvalue weighted by Crippen LogP contribution is -2.11. The quantitative estimate of drug-likeness (QED) is 0.726. The van der Waals surface area contributed by atoms with Crippen LogP contribution >= 0.6 is 11.8 Å². The van der Waals surface area contributed by atoms with Crippen molar-refractivity contribution in [1.29, 1.82) is 0 Å². The highest BCUT2D eigenvalue weighted by Gasteiger charge is 2.10. The number of nitrogens with zero attached hydrogens (tertiary/aromatic N) is 4. The number of primary amides is 1. The number of carboxylic acids is 1. The molecule has 0 spiro atoms. The summed E-state index contributed by atoms with van der Waals surface area (Å²) in [7, 11) is 0. The van der Waals surface area contributed by atoms with Crippen LogP contribution in [0.5, 0.6) is 0 Å². The Morgan fingerprint density at radius 1 is 1.40 bits per heavy atom. The molecule has 1 amide bonds. The first-order valence-corrected chi connectivity index (χ1v) is 6.54. The van der Waals surface area contributed by atoms with Crippen molar-refractivity contribution in [1.82, 2.24) is 20.2 Å². The molecule has 0 aliphatic rings. The summed E-state index contributed by atoms with van der Waals surface area (Å²) in [5.74, 6) is -1.01. The molecule has 2 aromatic rings. The van der Waals surface area contributed by atoms with Gasteiger partial charge in [-0.3, -0.25) is 9.59 Å². The molecule has 0 atom stereocenters. The number of hydrogen-bond acceptors (Lipinski definition) is 6. The highest BCUT2D eigenvalue weighted by atomic mass is 32.2. The molecule has 1 aromatic heterocycles. The van der Waals surface area contributed by atoms with Gasteiger partial charge in [-0.25, -0.2) is 4.68 Å². The van der Waals surface area contributed by atoms with Gasteiger partial charge in [0.25, 0.3) is 0 Å². The van der Waals surface area contributed by atoms with Crippen molar-refractivity contribution >= 4 is 23.6 Å². The molecule has 1 aromatic carbocycles. The zero-order chi connectivity index (χ0) is 14.5. The predicted octanol–water partition coefficient (Wildman–Crippen LogP) is 0.149. The second-order valence-electron chi connectivity index (χ2n) is 3.87. The van der Waals surface area contributed by atoms with Crippen LogP contribution in [0.1, 0.15) is 15.9 Å². The number of rotatable bonds is 6. The van der Waals surface area contributed by atoms with Crippen molar-refractivity contribution < 1.29 is 14.7 Å². The number of benzene rings is 1. The van der Waals surface area contributed by atoms with Crippen molar-refractivity contribution in [3.8, 4) is 0 Å². The van der Waals surface area contributed by atoms with E-state index in [-0.39, 0.29) is 6.54 Å². The molecule has 0 aliphatic carbocycles. The van der Waals surface area contributed by atoms with Gasteiger partial charge in [0.05, 0.1) is 0 Å². The van der Waals surface area contributed by atoms with Gasteiger partial charge in [-0.05, 0) is 28.1 Å². The third-order valence-corrected chi connectivity index (χ3v) is 3.39. The number of hydrogen-bond donors (Lipinski definition) is 2. The lowest BCUT2D eigenvalue weighted by Gasteiger charge is -2.03. The Kier molecular flexibility index (Phi) is 4.31. The zero-order valence-electron chi connectivity index (χ0n) is 10.3. The Balaban J connectivity index is 2.05. The van der Waals surface area contributed by atoms with Crippen molar-refractivity contribution in [2.75, 3.05) is 0 Å². The van der Waals surface area contributed by atoms with Gasteiger partial charge in [0.15, 0.2) is 0 Å². The number of thioether (sulfide) groups is 1. The highest BCUT2D eigenvalue weighted by molar-refractivity contribution is 7.98. The molecule has 1 heterocycles. The second kappa shape index (κ2) is 6.15. The summed E-state index contributed by atoms with van der Waals surface area (Å²) < 4.78 is 1.20. The number of carbonyl (C=O) groups excluding carboxylic acids is 1. The first-order chi connectivity index (χ1) is 9.56. The van der Waals surface area contributed by atoms with Gasteiger partial charge < -0.3 is 10.8 Å². The molecule has 0 radical (unpaired) electrons. The smallest absolute Gasteiger partial charge is 0.325 e. The average Bonchev–Trinajstić information content (AvgIpc) is 2.83. The lowest BCUT2D eigenvalue weighted by atomic mass is 10.1. The molecule has 0 aliphatic heterocycles. The van der Waals surface area contributed by atoms with Crippen LogP contribution in [0, 0.1) is 0 Å². The van der Waals surface area contributed by atoms with Crippen LogP contribution in [-0.2, 0) is 17.1 Å².